The summed E-state index contributed by atoms with van der Waals surface area (Å²) in [4.78, 5) is 0. The number of hydrogen-bond donors (Lipinski definition) is 0. The molecular formula is C18H34. The predicted octanol–water partition coefficient (Wildman–Crippen LogP) is 6.68. The molecule has 0 aromatic heterocycles. The Hall–Kier alpha value is -0.520. The minimum Gasteiger partial charge on any atom is -0.0991 e. The molecule has 0 fully saturated rings. The van der Waals surface area contributed by atoms with Gasteiger partial charge in [0.2, 0.25) is 0 Å². The van der Waals surface area contributed by atoms with Crippen molar-refractivity contribution < 1.29 is 0 Å². The van der Waals surface area contributed by atoms with E-state index in [1.54, 1.807) is 0 Å². The molecule has 0 aliphatic heterocycles. The Kier molecular flexibility index (Phi) is 11.2. The van der Waals surface area contributed by atoms with E-state index in [4.69, 9.17) is 0 Å². The van der Waals surface area contributed by atoms with E-state index in [-0.39, 0.29) is 0 Å². The Morgan fingerprint density at radius 3 is 1.78 bits per heavy atom. The maximum absolute atomic E-state index is 3.67. The van der Waals surface area contributed by atoms with Crippen molar-refractivity contribution in [1.82, 2.24) is 0 Å². The fourth-order valence-electron chi connectivity index (χ4n) is 2.17. The van der Waals surface area contributed by atoms with Gasteiger partial charge in [0.1, 0.15) is 0 Å². The maximum atomic E-state index is 3.67. The van der Waals surface area contributed by atoms with Crippen molar-refractivity contribution in [3.05, 3.63) is 24.8 Å². The van der Waals surface area contributed by atoms with Crippen molar-refractivity contribution in [2.45, 2.75) is 85.0 Å². The summed E-state index contributed by atoms with van der Waals surface area (Å²) in [6.45, 7) is 10.7. The minimum atomic E-state index is 0.527. The summed E-state index contributed by atoms with van der Waals surface area (Å²) >= 11 is 0. The van der Waals surface area contributed by atoms with Crippen LogP contribution in [-0.2, 0) is 0 Å². The largest absolute Gasteiger partial charge is 0.0991 e. The minimum absolute atomic E-state index is 0.527. The second-order valence-electron chi connectivity index (χ2n) is 6.59. The van der Waals surface area contributed by atoms with Gasteiger partial charge in [0, 0.05) is 0 Å². The lowest BCUT2D eigenvalue weighted by atomic mass is 9.89. The second-order valence-corrected chi connectivity index (χ2v) is 6.59. The molecule has 0 aliphatic carbocycles. The first-order chi connectivity index (χ1) is 8.56. The van der Waals surface area contributed by atoms with Crippen LogP contribution in [0.15, 0.2) is 24.8 Å². The molecule has 0 heterocycles. The lowest BCUT2D eigenvalue weighted by Crippen LogP contribution is -2.03. The highest BCUT2D eigenvalue weighted by Gasteiger charge is 2.08. The van der Waals surface area contributed by atoms with Crippen LogP contribution < -0.4 is 0 Å². The second kappa shape index (κ2) is 11.6. The van der Waals surface area contributed by atoms with E-state index >= 15 is 0 Å². The molecule has 0 spiro atoms. The van der Waals surface area contributed by atoms with Crippen LogP contribution in [0, 0.1) is 5.41 Å². The van der Waals surface area contributed by atoms with Crippen molar-refractivity contribution in [2.75, 3.05) is 0 Å². The molecule has 106 valence electrons. The van der Waals surface area contributed by atoms with Gasteiger partial charge in [-0.2, -0.15) is 0 Å². The third-order valence-corrected chi connectivity index (χ3v) is 3.32. The number of hydrogen-bond acceptors (Lipinski definition) is 0. The Morgan fingerprint density at radius 2 is 1.28 bits per heavy atom. The molecule has 0 aromatic rings. The zero-order chi connectivity index (χ0) is 13.7. The summed E-state index contributed by atoms with van der Waals surface area (Å²) in [5.41, 5.74) is 0.527. The smallest absolute Gasteiger partial charge is 0.0348 e. The monoisotopic (exact) mass is 250 g/mol. The van der Waals surface area contributed by atoms with Gasteiger partial charge in [0.05, 0.1) is 0 Å². The molecule has 0 heteroatoms. The maximum Gasteiger partial charge on any atom is -0.0348 e. The highest BCUT2D eigenvalue weighted by atomic mass is 14.1. The van der Waals surface area contributed by atoms with Crippen molar-refractivity contribution in [1.29, 1.82) is 0 Å². The van der Waals surface area contributed by atoms with Gasteiger partial charge >= 0.3 is 0 Å². The fraction of sp³-hybridized carbons (Fsp3) is 0.778. The number of allylic oxidation sites excluding steroid dienone is 3. The topological polar surface area (TPSA) is 0 Å². The van der Waals surface area contributed by atoms with Gasteiger partial charge in [-0.05, 0) is 24.7 Å². The van der Waals surface area contributed by atoms with Crippen LogP contribution in [-0.4, -0.2) is 0 Å². The first-order valence-electron chi connectivity index (χ1n) is 7.84. The van der Waals surface area contributed by atoms with Gasteiger partial charge in [0.25, 0.3) is 0 Å². The molecule has 0 aromatic carbocycles. The van der Waals surface area contributed by atoms with Crippen LogP contribution in [0.1, 0.15) is 85.0 Å². The zero-order valence-corrected chi connectivity index (χ0v) is 13.0. The molecule has 0 radical (unpaired) electrons. The standard InChI is InChI=1S/C18H34/c1-5-6-7-8-9-10-11-12-13-14-15-16-17-18(2,3)4/h5-7H,1,8-17H2,2-4H3. The molecule has 0 bridgehead atoms. The first-order valence-corrected chi connectivity index (χ1v) is 7.84. The predicted molar refractivity (Wildman–Crippen MR) is 85.0 cm³/mol. The van der Waals surface area contributed by atoms with Crippen LogP contribution >= 0.6 is 0 Å². The average Bonchev–Trinajstić information content (AvgIpc) is 2.29. The molecule has 0 saturated carbocycles. The van der Waals surface area contributed by atoms with Crippen molar-refractivity contribution in [3.8, 4) is 0 Å². The Morgan fingerprint density at radius 1 is 0.778 bits per heavy atom. The van der Waals surface area contributed by atoms with Gasteiger partial charge in [-0.25, -0.2) is 0 Å². The average molecular weight is 250 g/mol. The van der Waals surface area contributed by atoms with E-state index in [0.29, 0.717) is 5.41 Å². The van der Waals surface area contributed by atoms with Crippen LogP contribution in [0.2, 0.25) is 0 Å². The van der Waals surface area contributed by atoms with E-state index in [9.17, 15) is 0 Å². The number of rotatable bonds is 11. The lowest BCUT2D eigenvalue weighted by Gasteiger charge is -2.17. The van der Waals surface area contributed by atoms with E-state index in [1.807, 2.05) is 6.08 Å². The van der Waals surface area contributed by atoms with Gasteiger partial charge in [0.15, 0.2) is 0 Å². The first kappa shape index (κ1) is 17.5. The van der Waals surface area contributed by atoms with E-state index in [1.165, 1.54) is 64.2 Å². The number of unbranched alkanes of at least 4 members (excludes halogenated alkanes) is 8. The summed E-state index contributed by atoms with van der Waals surface area (Å²) in [6.07, 6.45) is 20.0. The lowest BCUT2D eigenvalue weighted by molar-refractivity contribution is 0.356. The van der Waals surface area contributed by atoms with Crippen LogP contribution in [0.25, 0.3) is 0 Å². The van der Waals surface area contributed by atoms with Gasteiger partial charge in [-0.15, -0.1) is 0 Å². The third-order valence-electron chi connectivity index (χ3n) is 3.32. The molecule has 0 aliphatic rings. The third kappa shape index (κ3) is 15.5. The Balaban J connectivity index is 3.08. The summed E-state index contributed by atoms with van der Waals surface area (Å²) < 4.78 is 0. The van der Waals surface area contributed by atoms with Crippen molar-refractivity contribution in [3.63, 3.8) is 0 Å². The van der Waals surface area contributed by atoms with E-state index < -0.39 is 0 Å². The van der Waals surface area contributed by atoms with Crippen molar-refractivity contribution >= 4 is 0 Å². The van der Waals surface area contributed by atoms with Gasteiger partial charge in [-0.3, -0.25) is 0 Å². The Labute approximate surface area is 116 Å². The molecule has 0 rings (SSSR count). The van der Waals surface area contributed by atoms with Crippen molar-refractivity contribution in [2.24, 2.45) is 5.41 Å². The van der Waals surface area contributed by atoms with Crippen LogP contribution in [0.4, 0.5) is 0 Å². The highest BCUT2D eigenvalue weighted by molar-refractivity contribution is 4.96. The van der Waals surface area contributed by atoms with Gasteiger partial charge in [-0.1, -0.05) is 90.5 Å². The molecule has 0 saturated heterocycles. The normalized spacial score (nSPS) is 12.2. The summed E-state index contributed by atoms with van der Waals surface area (Å²) in [5, 5.41) is 0. The highest BCUT2D eigenvalue weighted by Crippen LogP contribution is 2.22. The van der Waals surface area contributed by atoms with Crippen LogP contribution in [0.5, 0.6) is 0 Å². The fourth-order valence-corrected chi connectivity index (χ4v) is 2.17. The molecule has 0 atom stereocenters. The summed E-state index contributed by atoms with van der Waals surface area (Å²) in [7, 11) is 0. The van der Waals surface area contributed by atoms with E-state index in [0.717, 1.165) is 0 Å². The summed E-state index contributed by atoms with van der Waals surface area (Å²) in [6, 6.07) is 0. The van der Waals surface area contributed by atoms with Gasteiger partial charge < -0.3 is 0 Å². The Bertz CT molecular complexity index is 205. The summed E-state index contributed by atoms with van der Waals surface area (Å²) in [5.74, 6) is 0. The molecular weight excluding hydrogens is 216 g/mol. The molecule has 0 N–H and O–H groups in total. The molecule has 0 unspecified atom stereocenters. The van der Waals surface area contributed by atoms with E-state index in [2.05, 4.69) is 39.5 Å². The SMILES string of the molecule is C=CC=CCCCCCCCCCCC(C)(C)C. The zero-order valence-electron chi connectivity index (χ0n) is 13.0. The quantitative estimate of drug-likeness (QED) is 0.283. The van der Waals surface area contributed by atoms with Crippen LogP contribution in [0.3, 0.4) is 0 Å². The molecule has 0 nitrogen and oxygen atoms in total. The molecule has 18 heavy (non-hydrogen) atoms. The molecule has 0 amide bonds.